The number of anilines is 1. The molecule has 2 aromatic rings. The SMILES string of the molecule is CCNC(=NCCCN1CCN(c2cccc(C)c2)CC1)N1CCC(c2cnn(C)c2)C1.I. The molecule has 1 aromatic heterocycles. The molecule has 33 heavy (non-hydrogen) atoms. The summed E-state index contributed by atoms with van der Waals surface area (Å²) in [5, 5.41) is 7.85. The molecule has 0 radical (unpaired) electrons. The zero-order valence-corrected chi connectivity index (χ0v) is 22.7. The van der Waals surface area contributed by atoms with Crippen LogP contribution in [-0.2, 0) is 7.05 Å². The number of guanidine groups is 1. The number of benzene rings is 1. The van der Waals surface area contributed by atoms with E-state index < -0.39 is 0 Å². The van der Waals surface area contributed by atoms with Crippen molar-refractivity contribution in [3.63, 3.8) is 0 Å². The second-order valence-corrected chi connectivity index (χ2v) is 9.14. The molecule has 0 aliphatic carbocycles. The quantitative estimate of drug-likeness (QED) is 0.242. The van der Waals surface area contributed by atoms with E-state index in [1.807, 2.05) is 17.9 Å². The molecule has 8 heteroatoms. The van der Waals surface area contributed by atoms with Gasteiger partial charge in [0.15, 0.2) is 5.96 Å². The summed E-state index contributed by atoms with van der Waals surface area (Å²) >= 11 is 0. The maximum absolute atomic E-state index is 4.96. The molecule has 1 atom stereocenters. The summed E-state index contributed by atoms with van der Waals surface area (Å²) in [6.45, 7) is 13.8. The number of nitrogens with one attached hydrogen (secondary N) is 1. The van der Waals surface area contributed by atoms with E-state index in [0.29, 0.717) is 5.92 Å². The number of hydrogen-bond donors (Lipinski definition) is 1. The van der Waals surface area contributed by atoms with Crippen molar-refractivity contribution in [2.24, 2.45) is 12.0 Å². The van der Waals surface area contributed by atoms with Crippen LogP contribution < -0.4 is 10.2 Å². The minimum absolute atomic E-state index is 0. The first-order valence-electron chi connectivity index (χ1n) is 12.2. The summed E-state index contributed by atoms with van der Waals surface area (Å²) in [4.78, 5) is 12.5. The van der Waals surface area contributed by atoms with Crippen LogP contribution in [0.25, 0.3) is 0 Å². The Hall–Kier alpha value is -1.81. The molecule has 2 aliphatic rings. The Morgan fingerprint density at radius 2 is 2.00 bits per heavy atom. The van der Waals surface area contributed by atoms with E-state index >= 15 is 0 Å². The van der Waals surface area contributed by atoms with Gasteiger partial charge in [0, 0.05) is 83.8 Å². The Balaban J connectivity index is 0.00000306. The average molecular weight is 566 g/mol. The highest BCUT2D eigenvalue weighted by molar-refractivity contribution is 14.0. The van der Waals surface area contributed by atoms with E-state index in [1.165, 1.54) is 23.2 Å². The lowest BCUT2D eigenvalue weighted by atomic mass is 10.0. The highest BCUT2D eigenvalue weighted by atomic mass is 127. The van der Waals surface area contributed by atoms with Gasteiger partial charge in [0.25, 0.3) is 0 Å². The minimum atomic E-state index is 0. The molecule has 0 amide bonds. The van der Waals surface area contributed by atoms with Gasteiger partial charge in [-0.05, 0) is 49.9 Å². The largest absolute Gasteiger partial charge is 0.369 e. The summed E-state index contributed by atoms with van der Waals surface area (Å²) < 4.78 is 1.90. The highest BCUT2D eigenvalue weighted by Gasteiger charge is 2.27. The zero-order chi connectivity index (χ0) is 22.3. The number of rotatable bonds is 7. The number of halogens is 1. The number of piperazine rings is 1. The third-order valence-corrected chi connectivity index (χ3v) is 6.65. The molecule has 0 bridgehead atoms. The Kier molecular flexibility index (Phi) is 9.85. The number of nitrogens with zero attached hydrogens (tertiary/aromatic N) is 6. The van der Waals surface area contributed by atoms with Crippen LogP contribution in [0.1, 0.15) is 36.8 Å². The molecule has 182 valence electrons. The predicted molar refractivity (Wildman–Crippen MR) is 148 cm³/mol. The third kappa shape index (κ3) is 7.09. The fraction of sp³-hybridized carbons (Fsp3) is 0.600. The summed E-state index contributed by atoms with van der Waals surface area (Å²) in [5.74, 6) is 1.63. The van der Waals surface area contributed by atoms with Crippen molar-refractivity contribution in [1.82, 2.24) is 24.9 Å². The van der Waals surface area contributed by atoms with E-state index in [4.69, 9.17) is 4.99 Å². The second-order valence-electron chi connectivity index (χ2n) is 9.14. The summed E-state index contributed by atoms with van der Waals surface area (Å²) in [5.41, 5.74) is 4.04. The number of likely N-dealkylation sites (tertiary alicyclic amines) is 1. The molecule has 7 nitrogen and oxygen atoms in total. The van der Waals surface area contributed by atoms with Gasteiger partial charge < -0.3 is 15.1 Å². The Bertz CT molecular complexity index is 888. The second kappa shape index (κ2) is 12.6. The molecule has 0 saturated carbocycles. The van der Waals surface area contributed by atoms with Crippen molar-refractivity contribution in [3.8, 4) is 0 Å². The smallest absolute Gasteiger partial charge is 0.193 e. The van der Waals surface area contributed by atoms with Crippen LogP contribution in [0.5, 0.6) is 0 Å². The van der Waals surface area contributed by atoms with Crippen molar-refractivity contribution in [1.29, 1.82) is 0 Å². The van der Waals surface area contributed by atoms with Gasteiger partial charge in [-0.1, -0.05) is 12.1 Å². The zero-order valence-electron chi connectivity index (χ0n) is 20.4. The molecule has 4 rings (SSSR count). The van der Waals surface area contributed by atoms with Gasteiger partial charge in [-0.2, -0.15) is 5.10 Å². The molecule has 2 saturated heterocycles. The fourth-order valence-corrected chi connectivity index (χ4v) is 4.84. The molecule has 1 unspecified atom stereocenters. The van der Waals surface area contributed by atoms with Crippen LogP contribution in [-0.4, -0.2) is 84.4 Å². The standard InChI is InChI=1S/C25H39N7.HI/c1-4-26-25(32-12-9-22(20-32)23-18-28-29(3)19-23)27-10-6-11-30-13-15-31(16-14-30)24-8-5-7-21(2)17-24;/h5,7-8,17-19,22H,4,6,9-16,20H2,1-3H3,(H,26,27);1H. The van der Waals surface area contributed by atoms with Crippen molar-refractivity contribution in [3.05, 3.63) is 47.8 Å². The maximum Gasteiger partial charge on any atom is 0.193 e. The van der Waals surface area contributed by atoms with Gasteiger partial charge in [-0.15, -0.1) is 24.0 Å². The van der Waals surface area contributed by atoms with Crippen LogP contribution in [0.2, 0.25) is 0 Å². The van der Waals surface area contributed by atoms with Gasteiger partial charge >= 0.3 is 0 Å². The van der Waals surface area contributed by atoms with Crippen LogP contribution in [0.15, 0.2) is 41.7 Å². The van der Waals surface area contributed by atoms with Crippen molar-refractivity contribution in [2.75, 3.05) is 63.8 Å². The Labute approximate surface area is 216 Å². The predicted octanol–water partition coefficient (Wildman–Crippen LogP) is 3.31. The van der Waals surface area contributed by atoms with Crippen LogP contribution >= 0.6 is 24.0 Å². The van der Waals surface area contributed by atoms with E-state index in [1.54, 1.807) is 0 Å². The first-order valence-corrected chi connectivity index (χ1v) is 12.2. The summed E-state index contributed by atoms with van der Waals surface area (Å²) in [6, 6.07) is 8.86. The molecule has 1 N–H and O–H groups in total. The molecular weight excluding hydrogens is 525 g/mol. The van der Waals surface area contributed by atoms with E-state index in [0.717, 1.165) is 71.3 Å². The van der Waals surface area contributed by atoms with Crippen LogP contribution in [0, 0.1) is 6.92 Å². The van der Waals surface area contributed by atoms with Crippen molar-refractivity contribution in [2.45, 2.75) is 32.6 Å². The monoisotopic (exact) mass is 565 g/mol. The minimum Gasteiger partial charge on any atom is -0.369 e. The number of aryl methyl sites for hydroxylation is 2. The first-order chi connectivity index (χ1) is 15.6. The van der Waals surface area contributed by atoms with Gasteiger partial charge in [-0.3, -0.25) is 14.6 Å². The van der Waals surface area contributed by atoms with Crippen LogP contribution in [0.4, 0.5) is 5.69 Å². The summed E-state index contributed by atoms with van der Waals surface area (Å²) in [7, 11) is 1.99. The number of aromatic nitrogens is 2. The lowest BCUT2D eigenvalue weighted by molar-refractivity contribution is 0.256. The van der Waals surface area contributed by atoms with Gasteiger partial charge in [0.1, 0.15) is 0 Å². The first kappa shape index (κ1) is 25.8. The topological polar surface area (TPSA) is 51.9 Å². The maximum atomic E-state index is 4.96. The van der Waals surface area contributed by atoms with Gasteiger partial charge in [0.2, 0.25) is 0 Å². The molecular formula is C25H40IN7. The molecule has 2 aliphatic heterocycles. The average Bonchev–Trinajstić information content (AvgIpc) is 3.45. The lowest BCUT2D eigenvalue weighted by Crippen LogP contribution is -2.46. The number of aliphatic imine (C=N–C) groups is 1. The fourth-order valence-electron chi connectivity index (χ4n) is 4.84. The van der Waals surface area contributed by atoms with E-state index in [9.17, 15) is 0 Å². The molecule has 1 aromatic carbocycles. The Morgan fingerprint density at radius 1 is 1.18 bits per heavy atom. The highest BCUT2D eigenvalue weighted by Crippen LogP contribution is 2.26. The van der Waals surface area contributed by atoms with Crippen LogP contribution in [0.3, 0.4) is 0 Å². The van der Waals surface area contributed by atoms with E-state index in [-0.39, 0.29) is 24.0 Å². The molecule has 3 heterocycles. The molecule has 0 spiro atoms. The van der Waals surface area contributed by atoms with Gasteiger partial charge in [0.05, 0.1) is 6.20 Å². The van der Waals surface area contributed by atoms with Crippen molar-refractivity contribution < 1.29 is 0 Å². The van der Waals surface area contributed by atoms with E-state index in [2.05, 4.69) is 69.4 Å². The summed E-state index contributed by atoms with van der Waals surface area (Å²) in [6.07, 6.45) is 6.44. The Morgan fingerprint density at radius 3 is 2.70 bits per heavy atom. The lowest BCUT2D eigenvalue weighted by Gasteiger charge is -2.36. The normalized spacial score (nSPS) is 19.6. The molecule has 2 fully saturated rings. The van der Waals surface area contributed by atoms with Crippen molar-refractivity contribution >= 4 is 35.6 Å². The third-order valence-electron chi connectivity index (χ3n) is 6.65. The van der Waals surface area contributed by atoms with Gasteiger partial charge in [-0.25, -0.2) is 0 Å². The number of hydrogen-bond acceptors (Lipinski definition) is 4.